The van der Waals surface area contributed by atoms with E-state index in [9.17, 15) is 13.2 Å². The molecule has 0 saturated carbocycles. The van der Waals surface area contributed by atoms with Gasteiger partial charge in [-0.2, -0.15) is 0 Å². The zero-order valence-corrected chi connectivity index (χ0v) is 18.6. The van der Waals surface area contributed by atoms with E-state index in [1.165, 1.54) is 17.4 Å². The smallest absolute Gasteiger partial charge is 0.311 e. The van der Waals surface area contributed by atoms with Crippen molar-refractivity contribution in [2.24, 2.45) is 0 Å². The van der Waals surface area contributed by atoms with E-state index in [4.69, 9.17) is 4.42 Å². The Morgan fingerprint density at radius 1 is 1.10 bits per heavy atom. The summed E-state index contributed by atoms with van der Waals surface area (Å²) in [4.78, 5) is 15.3. The number of aryl methyl sites for hydroxylation is 3. The minimum Gasteiger partial charge on any atom is -0.411 e. The summed E-state index contributed by atoms with van der Waals surface area (Å²) in [5.41, 5.74) is 2.59. The van der Waals surface area contributed by atoms with E-state index in [1.807, 2.05) is 19.9 Å². The molecule has 1 N–H and O–H groups in total. The van der Waals surface area contributed by atoms with Crippen LogP contribution in [0.15, 0.2) is 33.6 Å². The molecule has 1 aromatic carbocycles. The van der Waals surface area contributed by atoms with E-state index in [0.717, 1.165) is 24.0 Å². The quantitative estimate of drug-likeness (QED) is 0.640. The van der Waals surface area contributed by atoms with E-state index in [2.05, 4.69) is 14.9 Å². The molecule has 0 unspecified atom stereocenters. The molecule has 3 aromatic rings. The Kier molecular flexibility index (Phi) is 5.37. The van der Waals surface area contributed by atoms with E-state index >= 15 is 0 Å². The number of thiophene rings is 1. The number of nitrogens with one attached hydrogen (secondary N) is 1. The second-order valence-corrected chi connectivity index (χ2v) is 10.3. The lowest BCUT2D eigenvalue weighted by atomic mass is 10.1. The van der Waals surface area contributed by atoms with Crippen LogP contribution >= 0.6 is 11.3 Å². The average molecular weight is 447 g/mol. The number of sulfonamides is 1. The summed E-state index contributed by atoms with van der Waals surface area (Å²) in [6.07, 6.45) is 1.93. The van der Waals surface area contributed by atoms with Crippen LogP contribution in [0.2, 0.25) is 0 Å². The van der Waals surface area contributed by atoms with E-state index < -0.39 is 10.0 Å². The molecule has 2 aromatic heterocycles. The maximum atomic E-state index is 12.9. The number of anilines is 1. The highest BCUT2D eigenvalue weighted by atomic mass is 32.2. The van der Waals surface area contributed by atoms with Gasteiger partial charge in [0.2, 0.25) is 0 Å². The third kappa shape index (κ3) is 3.97. The summed E-state index contributed by atoms with van der Waals surface area (Å²) >= 11 is 1.23. The van der Waals surface area contributed by atoms with Gasteiger partial charge in [-0.05, 0) is 62.9 Å². The van der Waals surface area contributed by atoms with Gasteiger partial charge in [-0.1, -0.05) is 6.07 Å². The molecule has 1 aliphatic rings. The normalized spacial score (nSPS) is 14.3. The van der Waals surface area contributed by atoms with Crippen molar-refractivity contribution < 1.29 is 17.6 Å². The van der Waals surface area contributed by atoms with Gasteiger partial charge in [-0.15, -0.1) is 21.5 Å². The van der Waals surface area contributed by atoms with Gasteiger partial charge in [0.15, 0.2) is 0 Å². The lowest BCUT2D eigenvalue weighted by molar-refractivity contribution is 0.0754. The second-order valence-electron chi connectivity index (χ2n) is 7.35. The third-order valence-corrected chi connectivity index (χ3v) is 7.81. The Hall–Kier alpha value is -2.72. The zero-order valence-electron chi connectivity index (χ0n) is 16.9. The number of rotatable bonds is 5. The number of hydrogen-bond donors (Lipinski definition) is 1. The van der Waals surface area contributed by atoms with Crippen molar-refractivity contribution in [3.8, 4) is 10.8 Å². The first-order valence-electron chi connectivity index (χ1n) is 9.58. The van der Waals surface area contributed by atoms with Crippen molar-refractivity contribution in [3.63, 3.8) is 0 Å². The number of carbonyl (C=O) groups excluding carboxylic acids is 1. The molecular weight excluding hydrogens is 424 g/mol. The first kappa shape index (κ1) is 20.5. The highest BCUT2D eigenvalue weighted by Gasteiger charge is 2.27. The maximum absolute atomic E-state index is 12.9. The molecule has 0 bridgehead atoms. The van der Waals surface area contributed by atoms with Crippen LogP contribution in [0, 0.1) is 20.8 Å². The lowest BCUT2D eigenvalue weighted by Crippen LogP contribution is -2.27. The number of hydrogen-bond acceptors (Lipinski definition) is 7. The highest BCUT2D eigenvalue weighted by molar-refractivity contribution is 7.93. The van der Waals surface area contributed by atoms with Gasteiger partial charge < -0.3 is 9.32 Å². The van der Waals surface area contributed by atoms with Gasteiger partial charge in [-0.25, -0.2) is 8.42 Å². The van der Waals surface area contributed by atoms with Gasteiger partial charge in [-0.3, -0.25) is 9.52 Å². The van der Waals surface area contributed by atoms with Crippen LogP contribution in [0.3, 0.4) is 0 Å². The Balaban J connectivity index is 1.58. The number of nitrogens with zero attached hydrogens (tertiary/aromatic N) is 3. The minimum atomic E-state index is -3.79. The molecule has 1 amide bonds. The van der Waals surface area contributed by atoms with E-state index in [1.54, 1.807) is 24.0 Å². The Morgan fingerprint density at radius 2 is 1.83 bits per heavy atom. The van der Waals surface area contributed by atoms with Crippen molar-refractivity contribution in [3.05, 3.63) is 46.2 Å². The Morgan fingerprint density at radius 3 is 2.53 bits per heavy atom. The molecule has 1 aliphatic heterocycles. The average Bonchev–Trinajstić information content (AvgIpc) is 3.43. The zero-order chi connectivity index (χ0) is 21.5. The van der Waals surface area contributed by atoms with E-state index in [0.29, 0.717) is 28.5 Å². The summed E-state index contributed by atoms with van der Waals surface area (Å²) in [6, 6.07) is 6.90. The fraction of sp³-hybridized carbons (Fsp3) is 0.350. The molecule has 158 valence electrons. The summed E-state index contributed by atoms with van der Waals surface area (Å²) in [7, 11) is -3.79. The molecule has 3 heterocycles. The highest BCUT2D eigenvalue weighted by Crippen LogP contribution is 2.34. The first-order valence-corrected chi connectivity index (χ1v) is 11.9. The number of benzene rings is 1. The number of amides is 1. The molecule has 10 heteroatoms. The van der Waals surface area contributed by atoms with Crippen molar-refractivity contribution in [1.82, 2.24) is 15.1 Å². The lowest BCUT2D eigenvalue weighted by Gasteiger charge is -2.11. The largest absolute Gasteiger partial charge is 0.411 e. The van der Waals surface area contributed by atoms with Crippen LogP contribution in [0.4, 0.5) is 5.69 Å². The molecule has 0 spiro atoms. The van der Waals surface area contributed by atoms with Crippen LogP contribution in [-0.2, 0) is 10.0 Å². The van der Waals surface area contributed by atoms with Crippen LogP contribution in [0.1, 0.15) is 39.5 Å². The predicted octanol–water partition coefficient (Wildman–Crippen LogP) is 3.76. The fourth-order valence-electron chi connectivity index (χ4n) is 3.32. The summed E-state index contributed by atoms with van der Waals surface area (Å²) < 4.78 is 34.0. The summed E-state index contributed by atoms with van der Waals surface area (Å²) in [5, 5.41) is 7.81. The topological polar surface area (TPSA) is 105 Å². The van der Waals surface area contributed by atoms with Gasteiger partial charge in [0.05, 0.1) is 4.88 Å². The molecule has 4 rings (SSSR count). The van der Waals surface area contributed by atoms with Crippen molar-refractivity contribution in [2.45, 2.75) is 38.5 Å². The molecule has 30 heavy (non-hydrogen) atoms. The van der Waals surface area contributed by atoms with Crippen LogP contribution < -0.4 is 4.72 Å². The number of aromatic nitrogens is 2. The van der Waals surface area contributed by atoms with Gasteiger partial charge in [0.1, 0.15) is 4.90 Å². The first-order chi connectivity index (χ1) is 14.2. The van der Waals surface area contributed by atoms with Gasteiger partial charge in [0, 0.05) is 23.7 Å². The molecule has 1 saturated heterocycles. The van der Waals surface area contributed by atoms with E-state index in [-0.39, 0.29) is 22.6 Å². The standard InChI is InChI=1S/C20H22N4O4S2/c1-12-6-7-15(10-13(12)2)23-30(26,27)17-11-16(29-14(17)3)18-21-22-19(28-18)20(25)24-8-4-5-9-24/h6-7,10-11,23H,4-5,8-9H2,1-3H3. The SMILES string of the molecule is Cc1ccc(NS(=O)(=O)c2cc(-c3nnc(C(=O)N4CCCC4)o3)sc2C)cc1C. The van der Waals surface area contributed by atoms with Crippen LogP contribution in [-0.4, -0.2) is 42.5 Å². The molecule has 0 radical (unpaired) electrons. The molecule has 1 fully saturated rings. The second kappa shape index (κ2) is 7.84. The number of likely N-dealkylation sites (tertiary alicyclic amines) is 1. The fourth-order valence-corrected chi connectivity index (χ4v) is 5.88. The number of carbonyl (C=O) groups is 1. The predicted molar refractivity (Wildman–Crippen MR) is 114 cm³/mol. The minimum absolute atomic E-state index is 0.0735. The maximum Gasteiger partial charge on any atom is 0.311 e. The Labute approximate surface area is 179 Å². The third-order valence-electron chi connectivity index (χ3n) is 5.13. The summed E-state index contributed by atoms with van der Waals surface area (Å²) in [5.74, 6) is -0.224. The molecule has 8 nitrogen and oxygen atoms in total. The summed E-state index contributed by atoms with van der Waals surface area (Å²) in [6.45, 7) is 6.98. The molecule has 0 atom stereocenters. The van der Waals surface area contributed by atoms with Gasteiger partial charge >= 0.3 is 11.8 Å². The monoisotopic (exact) mass is 446 g/mol. The van der Waals surface area contributed by atoms with Crippen molar-refractivity contribution in [1.29, 1.82) is 0 Å². The van der Waals surface area contributed by atoms with Crippen LogP contribution in [0.5, 0.6) is 0 Å². The molecular formula is C20H22N4O4S2. The van der Waals surface area contributed by atoms with Gasteiger partial charge in [0.25, 0.3) is 15.9 Å². The van der Waals surface area contributed by atoms with Crippen molar-refractivity contribution in [2.75, 3.05) is 17.8 Å². The van der Waals surface area contributed by atoms with Crippen LogP contribution in [0.25, 0.3) is 10.8 Å². The Bertz CT molecular complexity index is 1210. The van der Waals surface area contributed by atoms with Crippen molar-refractivity contribution >= 4 is 33.0 Å². The molecule has 0 aliphatic carbocycles.